The Hall–Kier alpha value is -3.53. The van der Waals surface area contributed by atoms with Gasteiger partial charge in [-0.25, -0.2) is 0 Å². The summed E-state index contributed by atoms with van der Waals surface area (Å²) in [5.74, 6) is 2.14. The molecule has 0 unspecified atom stereocenters. The average Bonchev–Trinajstić information content (AvgIpc) is 3.03. The summed E-state index contributed by atoms with van der Waals surface area (Å²) in [5.41, 5.74) is 3.54. The highest BCUT2D eigenvalue weighted by atomic mass is 16.5. The molecule has 4 rings (SSSR count). The van der Waals surface area contributed by atoms with Crippen LogP contribution in [-0.4, -0.2) is 12.9 Å². The van der Waals surface area contributed by atoms with Gasteiger partial charge in [0.2, 0.25) is 5.78 Å². The molecular formula is C24H20O4. The van der Waals surface area contributed by atoms with Gasteiger partial charge >= 0.3 is 0 Å². The van der Waals surface area contributed by atoms with E-state index in [-0.39, 0.29) is 5.78 Å². The van der Waals surface area contributed by atoms with E-state index in [1.54, 1.807) is 31.4 Å². The molecule has 0 spiro atoms. The molecule has 0 atom stereocenters. The van der Waals surface area contributed by atoms with Crippen LogP contribution >= 0.6 is 0 Å². The van der Waals surface area contributed by atoms with Crippen LogP contribution in [-0.2, 0) is 6.61 Å². The van der Waals surface area contributed by atoms with Crippen LogP contribution in [0.2, 0.25) is 0 Å². The molecule has 4 heteroatoms. The topological polar surface area (TPSA) is 44.8 Å². The number of ketones is 1. The second-order valence-corrected chi connectivity index (χ2v) is 6.55. The second-order valence-electron chi connectivity index (χ2n) is 6.55. The van der Waals surface area contributed by atoms with E-state index in [1.807, 2.05) is 55.5 Å². The molecule has 3 aromatic carbocycles. The highest BCUT2D eigenvalue weighted by Crippen LogP contribution is 2.35. The third-order valence-corrected chi connectivity index (χ3v) is 4.70. The number of Topliss-reactive ketones (excluding diaryl/α,β-unsaturated/α-hetero) is 1. The molecule has 0 saturated heterocycles. The van der Waals surface area contributed by atoms with Gasteiger partial charge in [0.1, 0.15) is 23.9 Å². The lowest BCUT2D eigenvalue weighted by molar-refractivity contribution is 0.101. The van der Waals surface area contributed by atoms with E-state index in [4.69, 9.17) is 14.2 Å². The van der Waals surface area contributed by atoms with Gasteiger partial charge in [0.05, 0.1) is 12.7 Å². The fourth-order valence-corrected chi connectivity index (χ4v) is 3.13. The summed E-state index contributed by atoms with van der Waals surface area (Å²) in [7, 11) is 1.63. The number of hydrogen-bond acceptors (Lipinski definition) is 4. The summed E-state index contributed by atoms with van der Waals surface area (Å²) >= 11 is 0. The van der Waals surface area contributed by atoms with Gasteiger partial charge in [0.25, 0.3) is 0 Å². The quantitative estimate of drug-likeness (QED) is 0.578. The summed E-state index contributed by atoms with van der Waals surface area (Å²) in [6, 6.07) is 20.9. The Balaban J connectivity index is 1.53. The highest BCUT2D eigenvalue weighted by molar-refractivity contribution is 6.14. The molecule has 1 aliphatic heterocycles. The fraction of sp³-hybridized carbons (Fsp3) is 0.125. The Labute approximate surface area is 164 Å². The van der Waals surface area contributed by atoms with Gasteiger partial charge in [-0.15, -0.1) is 0 Å². The summed E-state index contributed by atoms with van der Waals surface area (Å²) in [5, 5.41) is 0. The van der Waals surface area contributed by atoms with Crippen LogP contribution in [0.4, 0.5) is 0 Å². The van der Waals surface area contributed by atoms with E-state index in [9.17, 15) is 4.79 Å². The molecule has 0 N–H and O–H groups in total. The van der Waals surface area contributed by atoms with Crippen LogP contribution in [0.5, 0.6) is 17.2 Å². The molecule has 0 aliphatic carbocycles. The number of benzene rings is 3. The predicted octanol–water partition coefficient (Wildman–Crippen LogP) is 5.20. The molecule has 3 aromatic rings. The minimum atomic E-state index is -0.116. The van der Waals surface area contributed by atoms with Crippen molar-refractivity contribution in [3.8, 4) is 17.2 Å². The first-order chi connectivity index (χ1) is 13.7. The Kier molecular flexibility index (Phi) is 4.85. The van der Waals surface area contributed by atoms with E-state index in [1.165, 1.54) is 0 Å². The zero-order chi connectivity index (χ0) is 19.5. The third kappa shape index (κ3) is 3.49. The van der Waals surface area contributed by atoms with Crippen molar-refractivity contribution in [1.82, 2.24) is 0 Å². The van der Waals surface area contributed by atoms with Crippen molar-refractivity contribution in [3.05, 3.63) is 94.7 Å². The van der Waals surface area contributed by atoms with Crippen molar-refractivity contribution < 1.29 is 19.0 Å². The maximum Gasteiger partial charge on any atom is 0.231 e. The zero-order valence-corrected chi connectivity index (χ0v) is 15.8. The maximum absolute atomic E-state index is 12.6. The number of aryl methyl sites for hydroxylation is 1. The number of ether oxygens (including phenoxy) is 3. The van der Waals surface area contributed by atoms with Gasteiger partial charge in [-0.3, -0.25) is 4.79 Å². The molecule has 1 aliphatic rings. The smallest absolute Gasteiger partial charge is 0.231 e. The fourth-order valence-electron chi connectivity index (χ4n) is 3.13. The maximum atomic E-state index is 12.6. The Morgan fingerprint density at radius 1 is 1.00 bits per heavy atom. The molecule has 0 aromatic heterocycles. The molecule has 140 valence electrons. The van der Waals surface area contributed by atoms with Gasteiger partial charge in [0, 0.05) is 11.6 Å². The van der Waals surface area contributed by atoms with E-state index in [2.05, 4.69) is 0 Å². The van der Waals surface area contributed by atoms with Gasteiger partial charge in [-0.05, 0) is 42.3 Å². The van der Waals surface area contributed by atoms with Gasteiger partial charge in [0.15, 0.2) is 5.76 Å². The summed E-state index contributed by atoms with van der Waals surface area (Å²) in [6.07, 6.45) is 1.78. The molecule has 28 heavy (non-hydrogen) atoms. The van der Waals surface area contributed by atoms with E-state index in [0.29, 0.717) is 29.4 Å². The lowest BCUT2D eigenvalue weighted by Crippen LogP contribution is -1.99. The van der Waals surface area contributed by atoms with Gasteiger partial charge in [-0.1, -0.05) is 42.5 Å². The summed E-state index contributed by atoms with van der Waals surface area (Å²) in [4.78, 5) is 12.6. The summed E-state index contributed by atoms with van der Waals surface area (Å²) < 4.78 is 17.0. The van der Waals surface area contributed by atoms with Crippen LogP contribution in [0.15, 0.2) is 72.5 Å². The third-order valence-electron chi connectivity index (χ3n) is 4.70. The minimum Gasteiger partial charge on any atom is -0.496 e. The molecule has 4 nitrogen and oxygen atoms in total. The number of allylic oxidation sites excluding steroid dienone is 1. The largest absolute Gasteiger partial charge is 0.496 e. The lowest BCUT2D eigenvalue weighted by atomic mass is 10.1. The second kappa shape index (κ2) is 7.61. The molecule has 0 saturated carbocycles. The average molecular weight is 372 g/mol. The van der Waals surface area contributed by atoms with Crippen LogP contribution in [0.3, 0.4) is 0 Å². The summed E-state index contributed by atoms with van der Waals surface area (Å²) in [6.45, 7) is 2.37. The molecule has 1 heterocycles. The Bertz CT molecular complexity index is 1070. The number of carbonyl (C=O) groups excluding carboxylic acids is 1. The monoisotopic (exact) mass is 372 g/mol. The molecule has 0 bridgehead atoms. The zero-order valence-electron chi connectivity index (χ0n) is 15.8. The highest BCUT2D eigenvalue weighted by Gasteiger charge is 2.27. The van der Waals surface area contributed by atoms with Crippen molar-refractivity contribution in [2.24, 2.45) is 0 Å². The van der Waals surface area contributed by atoms with Crippen molar-refractivity contribution >= 4 is 11.9 Å². The van der Waals surface area contributed by atoms with E-state index < -0.39 is 0 Å². The molecule has 0 amide bonds. The number of para-hydroxylation sites is 1. The molecular weight excluding hydrogens is 352 g/mol. The van der Waals surface area contributed by atoms with Crippen molar-refractivity contribution in [3.63, 3.8) is 0 Å². The lowest BCUT2D eigenvalue weighted by Gasteiger charge is -2.10. The normalized spacial score (nSPS) is 13.9. The predicted molar refractivity (Wildman–Crippen MR) is 108 cm³/mol. The molecule has 0 fully saturated rings. The van der Waals surface area contributed by atoms with Crippen LogP contribution in [0.1, 0.15) is 27.0 Å². The standard InChI is InChI=1S/C24H20O4/c1-16-7-3-4-8-17(16)13-23-24(25)20-12-11-19(14-22(20)28-23)27-15-18-9-5-6-10-21(18)26-2/h3-14H,15H2,1-2H3/b23-13-. The van der Waals surface area contributed by atoms with E-state index in [0.717, 1.165) is 22.4 Å². The first kappa shape index (κ1) is 17.9. The van der Waals surface area contributed by atoms with Crippen LogP contribution in [0, 0.1) is 6.92 Å². The number of rotatable bonds is 5. The number of methoxy groups -OCH3 is 1. The van der Waals surface area contributed by atoms with Crippen molar-refractivity contribution in [1.29, 1.82) is 0 Å². The Morgan fingerprint density at radius 3 is 2.61 bits per heavy atom. The number of hydrogen-bond donors (Lipinski definition) is 0. The molecule has 0 radical (unpaired) electrons. The number of fused-ring (bicyclic) bond motifs is 1. The van der Waals surface area contributed by atoms with Gasteiger partial charge < -0.3 is 14.2 Å². The van der Waals surface area contributed by atoms with E-state index >= 15 is 0 Å². The first-order valence-electron chi connectivity index (χ1n) is 9.04. The van der Waals surface area contributed by atoms with Gasteiger partial charge in [-0.2, -0.15) is 0 Å². The number of carbonyl (C=O) groups is 1. The first-order valence-corrected chi connectivity index (χ1v) is 9.04. The SMILES string of the molecule is COc1ccccc1COc1ccc2c(c1)O/C(=C\c1ccccc1C)C2=O. The van der Waals surface area contributed by atoms with Crippen molar-refractivity contribution in [2.75, 3.05) is 7.11 Å². The van der Waals surface area contributed by atoms with Crippen molar-refractivity contribution in [2.45, 2.75) is 13.5 Å². The van der Waals surface area contributed by atoms with Crippen LogP contribution < -0.4 is 14.2 Å². The van der Waals surface area contributed by atoms with Crippen LogP contribution in [0.25, 0.3) is 6.08 Å². The Morgan fingerprint density at radius 2 is 1.79 bits per heavy atom. The minimum absolute atomic E-state index is 0.116.